The molecule has 5 rings (SSSR count). The Kier molecular flexibility index (Phi) is 6.47. The van der Waals surface area contributed by atoms with Crippen molar-refractivity contribution < 1.29 is 9.53 Å². The second-order valence-corrected chi connectivity index (χ2v) is 9.62. The van der Waals surface area contributed by atoms with Gasteiger partial charge in [0.15, 0.2) is 4.80 Å². The van der Waals surface area contributed by atoms with Crippen molar-refractivity contribution in [2.45, 2.75) is 26.8 Å². The lowest BCUT2D eigenvalue weighted by Crippen LogP contribution is -2.39. The van der Waals surface area contributed by atoms with Gasteiger partial charge in [0.25, 0.3) is 5.56 Å². The highest BCUT2D eigenvalue weighted by atomic mass is 35.5. The zero-order chi connectivity index (χ0) is 25.4. The molecule has 1 atom stereocenters. The van der Waals surface area contributed by atoms with Gasteiger partial charge in [-0.1, -0.05) is 71.5 Å². The molecule has 2 aromatic carbocycles. The largest absolute Gasteiger partial charge is 0.463 e. The van der Waals surface area contributed by atoms with E-state index in [1.54, 1.807) is 29.2 Å². The van der Waals surface area contributed by atoms with Crippen LogP contribution < -0.4 is 14.9 Å². The summed E-state index contributed by atoms with van der Waals surface area (Å²) in [6, 6.07) is 18.4. The number of carbonyl (C=O) groups is 1. The summed E-state index contributed by atoms with van der Waals surface area (Å²) in [4.78, 5) is 31.8. The van der Waals surface area contributed by atoms with Gasteiger partial charge in [-0.2, -0.15) is 5.10 Å². The number of esters is 1. The van der Waals surface area contributed by atoms with Crippen molar-refractivity contribution in [2.75, 3.05) is 6.61 Å². The first-order chi connectivity index (χ1) is 17.4. The highest BCUT2D eigenvalue weighted by Gasteiger charge is 2.33. The standard InChI is InChI=1S/C27H23ClN4O3S/c1-4-35-26(34)22-17(3)29-27-31(23(22)18-11-7-5-8-12-18)25(33)21(36-27)15-20-16(2)30-32(24(20)28)19-13-9-6-10-14-19/h5-15,23H,4H2,1-3H3/b21-15-/t23-/m1/s1. The molecule has 1 aliphatic heterocycles. The number of allylic oxidation sites excluding steroid dienone is 1. The fraction of sp³-hybridized carbons (Fsp3) is 0.185. The number of ether oxygens (including phenoxy) is 1. The number of hydrogen-bond acceptors (Lipinski definition) is 6. The SMILES string of the molecule is CCOC(=O)C1=C(C)N=c2s/c(=C\c3c(C)nn(-c4ccccc4)c3Cl)c(=O)n2[C@@H]1c1ccccc1. The third-order valence-corrected chi connectivity index (χ3v) is 7.30. The highest BCUT2D eigenvalue weighted by molar-refractivity contribution is 7.07. The number of thiazole rings is 1. The minimum Gasteiger partial charge on any atom is -0.463 e. The third-order valence-electron chi connectivity index (χ3n) is 5.96. The first-order valence-corrected chi connectivity index (χ1v) is 12.6. The van der Waals surface area contributed by atoms with E-state index in [0.717, 1.165) is 11.3 Å². The van der Waals surface area contributed by atoms with Crippen molar-refractivity contribution in [3.05, 3.63) is 114 Å². The fourth-order valence-electron chi connectivity index (χ4n) is 4.29. The summed E-state index contributed by atoms with van der Waals surface area (Å²) in [5, 5.41) is 4.98. The monoisotopic (exact) mass is 518 g/mol. The van der Waals surface area contributed by atoms with E-state index in [9.17, 15) is 9.59 Å². The average Bonchev–Trinajstić information content (AvgIpc) is 3.34. The van der Waals surface area contributed by atoms with Crippen molar-refractivity contribution in [1.29, 1.82) is 0 Å². The predicted octanol–water partition coefficient (Wildman–Crippen LogP) is 3.95. The van der Waals surface area contributed by atoms with Crippen LogP contribution in [0.3, 0.4) is 0 Å². The maximum atomic E-state index is 13.8. The number of aromatic nitrogens is 3. The maximum Gasteiger partial charge on any atom is 0.338 e. The van der Waals surface area contributed by atoms with Gasteiger partial charge in [0, 0.05) is 5.56 Å². The molecule has 0 N–H and O–H groups in total. The van der Waals surface area contributed by atoms with Gasteiger partial charge in [-0.3, -0.25) is 9.36 Å². The number of aryl methyl sites for hydroxylation is 1. The smallest absolute Gasteiger partial charge is 0.338 e. The number of para-hydroxylation sites is 1. The maximum absolute atomic E-state index is 13.8. The van der Waals surface area contributed by atoms with E-state index < -0.39 is 12.0 Å². The molecule has 0 saturated carbocycles. The zero-order valence-electron chi connectivity index (χ0n) is 19.9. The van der Waals surface area contributed by atoms with E-state index in [0.29, 0.717) is 37.0 Å². The summed E-state index contributed by atoms with van der Waals surface area (Å²) < 4.78 is 9.00. The number of benzene rings is 2. The molecule has 0 aliphatic carbocycles. The minimum atomic E-state index is -0.646. The van der Waals surface area contributed by atoms with Gasteiger partial charge in [0.2, 0.25) is 0 Å². The topological polar surface area (TPSA) is 78.5 Å². The Hall–Kier alpha value is -3.75. The van der Waals surface area contributed by atoms with Crippen LogP contribution in [0.15, 0.2) is 81.7 Å². The first-order valence-electron chi connectivity index (χ1n) is 11.5. The molecule has 7 nitrogen and oxygen atoms in total. The number of hydrogen-bond donors (Lipinski definition) is 0. The Morgan fingerprint density at radius 3 is 2.44 bits per heavy atom. The van der Waals surface area contributed by atoms with E-state index in [4.69, 9.17) is 16.3 Å². The molecular weight excluding hydrogens is 496 g/mol. The molecule has 9 heteroatoms. The molecule has 36 heavy (non-hydrogen) atoms. The number of halogens is 1. The summed E-state index contributed by atoms with van der Waals surface area (Å²) in [6.07, 6.45) is 1.75. The quantitative estimate of drug-likeness (QED) is 0.375. The molecule has 2 aromatic heterocycles. The molecular formula is C27H23ClN4O3S. The predicted molar refractivity (Wildman–Crippen MR) is 140 cm³/mol. The van der Waals surface area contributed by atoms with Crippen LogP contribution in [0.4, 0.5) is 0 Å². The minimum absolute atomic E-state index is 0.227. The van der Waals surface area contributed by atoms with Crippen molar-refractivity contribution in [2.24, 2.45) is 4.99 Å². The molecule has 0 radical (unpaired) electrons. The first kappa shape index (κ1) is 24.0. The Bertz CT molecular complexity index is 1670. The molecule has 0 amide bonds. The Labute approximate surface area is 216 Å². The number of fused-ring (bicyclic) bond motifs is 1. The fourth-order valence-corrected chi connectivity index (χ4v) is 5.64. The summed E-state index contributed by atoms with van der Waals surface area (Å²) in [5.41, 5.74) is 3.60. The summed E-state index contributed by atoms with van der Waals surface area (Å²) >= 11 is 7.97. The Morgan fingerprint density at radius 1 is 1.11 bits per heavy atom. The van der Waals surface area contributed by atoms with Gasteiger partial charge < -0.3 is 4.74 Å². The number of nitrogens with zero attached hydrogens (tertiary/aromatic N) is 4. The second-order valence-electron chi connectivity index (χ2n) is 8.25. The van der Waals surface area contributed by atoms with Gasteiger partial charge >= 0.3 is 5.97 Å². The van der Waals surface area contributed by atoms with Crippen LogP contribution >= 0.6 is 22.9 Å². The summed E-state index contributed by atoms with van der Waals surface area (Å²) in [7, 11) is 0. The van der Waals surface area contributed by atoms with Crippen molar-refractivity contribution in [3.63, 3.8) is 0 Å². The van der Waals surface area contributed by atoms with Gasteiger partial charge in [0.05, 0.1) is 39.8 Å². The molecule has 0 fully saturated rings. The van der Waals surface area contributed by atoms with Crippen LogP contribution in [0.25, 0.3) is 11.8 Å². The lowest BCUT2D eigenvalue weighted by molar-refractivity contribution is -0.139. The van der Waals surface area contributed by atoms with Gasteiger partial charge in [-0.05, 0) is 44.5 Å². The number of carbonyl (C=O) groups excluding carboxylic acids is 1. The average molecular weight is 519 g/mol. The van der Waals surface area contributed by atoms with Crippen LogP contribution in [-0.2, 0) is 9.53 Å². The van der Waals surface area contributed by atoms with Gasteiger partial charge in [0.1, 0.15) is 5.15 Å². The Morgan fingerprint density at radius 2 is 1.78 bits per heavy atom. The summed E-state index contributed by atoms with van der Waals surface area (Å²) in [5.74, 6) is -0.482. The molecule has 4 aromatic rings. The molecule has 0 spiro atoms. The van der Waals surface area contributed by atoms with Crippen molar-refractivity contribution in [3.8, 4) is 5.69 Å². The Balaban J connectivity index is 1.70. The van der Waals surface area contributed by atoms with Crippen molar-refractivity contribution in [1.82, 2.24) is 14.3 Å². The normalized spacial score (nSPS) is 15.6. The molecule has 3 heterocycles. The molecule has 0 unspecified atom stereocenters. The highest BCUT2D eigenvalue weighted by Crippen LogP contribution is 2.30. The van der Waals surface area contributed by atoms with Gasteiger partial charge in [-0.15, -0.1) is 0 Å². The third kappa shape index (κ3) is 4.12. The van der Waals surface area contributed by atoms with E-state index in [-0.39, 0.29) is 12.2 Å². The van der Waals surface area contributed by atoms with E-state index in [2.05, 4.69) is 10.1 Å². The van der Waals surface area contributed by atoms with Crippen LogP contribution in [0, 0.1) is 6.92 Å². The second kappa shape index (κ2) is 9.72. The van der Waals surface area contributed by atoms with Crippen LogP contribution in [0.5, 0.6) is 0 Å². The van der Waals surface area contributed by atoms with Crippen LogP contribution in [0.1, 0.15) is 36.7 Å². The van der Waals surface area contributed by atoms with Crippen molar-refractivity contribution >= 4 is 35.0 Å². The van der Waals surface area contributed by atoms with Gasteiger partial charge in [-0.25, -0.2) is 14.5 Å². The lowest BCUT2D eigenvalue weighted by Gasteiger charge is -2.24. The van der Waals surface area contributed by atoms with E-state index in [1.807, 2.05) is 67.6 Å². The van der Waals surface area contributed by atoms with E-state index in [1.165, 1.54) is 11.3 Å². The van der Waals surface area contributed by atoms with Crippen LogP contribution in [-0.4, -0.2) is 26.9 Å². The lowest BCUT2D eigenvalue weighted by atomic mass is 9.96. The molecule has 1 aliphatic rings. The molecule has 0 bridgehead atoms. The van der Waals surface area contributed by atoms with Crippen LogP contribution in [0.2, 0.25) is 5.15 Å². The molecule has 0 saturated heterocycles. The summed E-state index contributed by atoms with van der Waals surface area (Å²) in [6.45, 7) is 5.60. The zero-order valence-corrected chi connectivity index (χ0v) is 21.5. The van der Waals surface area contributed by atoms with E-state index >= 15 is 0 Å². The molecule has 182 valence electrons. The number of rotatable bonds is 5.